The van der Waals surface area contributed by atoms with Crippen molar-refractivity contribution in [2.75, 3.05) is 6.54 Å². The zero-order valence-corrected chi connectivity index (χ0v) is 13.0. The van der Waals surface area contributed by atoms with E-state index in [-0.39, 0.29) is 11.9 Å². The maximum atomic E-state index is 12.9. The third kappa shape index (κ3) is 2.17. The lowest BCUT2D eigenvalue weighted by molar-refractivity contribution is 0.0728. The summed E-state index contributed by atoms with van der Waals surface area (Å²) in [5.41, 5.74) is 2.04. The smallest absolute Gasteiger partial charge is 0.254 e. The average Bonchev–Trinajstić information content (AvgIpc) is 3.06. The largest absolute Gasteiger partial charge is 0.339 e. The van der Waals surface area contributed by atoms with Crippen LogP contribution in [0.2, 0.25) is 0 Å². The number of hydrogen-bond acceptors (Lipinski definition) is 6. The van der Waals surface area contributed by atoms with Crippen molar-refractivity contribution in [2.45, 2.75) is 37.6 Å². The van der Waals surface area contributed by atoms with E-state index in [1.807, 2.05) is 4.90 Å². The van der Waals surface area contributed by atoms with Crippen LogP contribution in [0.25, 0.3) is 11.0 Å². The topological polar surface area (TPSA) is 101 Å². The summed E-state index contributed by atoms with van der Waals surface area (Å²) in [6.07, 6.45) is 4.04. The molecule has 1 saturated heterocycles. The molecule has 2 aromatic heterocycles. The Kier molecular flexibility index (Phi) is 2.91. The summed E-state index contributed by atoms with van der Waals surface area (Å²) in [6, 6.07) is 5.25. The standard InChI is InChI=1S/C16H16N6O2/c23-16(10-5-6-11-12(8-10)19-21-18-11)22-7-1-2-13(22)14-17-15(24-20-14)9-3-4-9/h5-6,8-9,13H,1-4,7H2,(H,18,19,21)/t13-/m0/s1. The summed E-state index contributed by atoms with van der Waals surface area (Å²) in [4.78, 5) is 19.3. The number of aromatic amines is 1. The summed E-state index contributed by atoms with van der Waals surface area (Å²) in [6.45, 7) is 0.702. The van der Waals surface area contributed by atoms with Gasteiger partial charge in [-0.15, -0.1) is 0 Å². The highest BCUT2D eigenvalue weighted by atomic mass is 16.5. The van der Waals surface area contributed by atoms with Crippen LogP contribution < -0.4 is 0 Å². The van der Waals surface area contributed by atoms with Crippen LogP contribution in [0.4, 0.5) is 0 Å². The fraction of sp³-hybridized carbons (Fsp3) is 0.438. The molecule has 122 valence electrons. The first-order valence-electron chi connectivity index (χ1n) is 8.24. The summed E-state index contributed by atoms with van der Waals surface area (Å²) in [5, 5.41) is 14.7. The van der Waals surface area contributed by atoms with Gasteiger partial charge in [-0.25, -0.2) is 0 Å². The lowest BCUT2D eigenvalue weighted by Gasteiger charge is -2.22. The second-order valence-electron chi connectivity index (χ2n) is 6.45. The van der Waals surface area contributed by atoms with E-state index in [9.17, 15) is 4.79 Å². The summed E-state index contributed by atoms with van der Waals surface area (Å²) < 4.78 is 5.36. The van der Waals surface area contributed by atoms with Gasteiger partial charge in [0.2, 0.25) is 5.89 Å². The molecule has 1 amide bonds. The third-order valence-corrected chi connectivity index (χ3v) is 4.76. The molecule has 0 radical (unpaired) electrons. The maximum absolute atomic E-state index is 12.9. The van der Waals surface area contributed by atoms with Gasteiger partial charge in [-0.05, 0) is 43.9 Å². The molecule has 1 saturated carbocycles. The average molecular weight is 324 g/mol. The molecule has 1 N–H and O–H groups in total. The van der Waals surface area contributed by atoms with Gasteiger partial charge in [0, 0.05) is 18.0 Å². The third-order valence-electron chi connectivity index (χ3n) is 4.76. The number of fused-ring (bicyclic) bond motifs is 1. The number of benzene rings is 1. The predicted molar refractivity (Wildman–Crippen MR) is 83.2 cm³/mol. The van der Waals surface area contributed by atoms with Crippen molar-refractivity contribution in [3.05, 3.63) is 35.5 Å². The van der Waals surface area contributed by atoms with Gasteiger partial charge in [0.1, 0.15) is 11.0 Å². The highest BCUT2D eigenvalue weighted by Gasteiger charge is 2.36. The van der Waals surface area contributed by atoms with Gasteiger partial charge < -0.3 is 9.42 Å². The van der Waals surface area contributed by atoms with Crippen LogP contribution in [0.15, 0.2) is 22.7 Å². The number of H-pyrrole nitrogens is 1. The molecule has 8 heteroatoms. The fourth-order valence-electron chi connectivity index (χ4n) is 3.30. The predicted octanol–water partition coefficient (Wildman–Crippen LogP) is 2.20. The molecule has 3 heterocycles. The molecule has 1 aliphatic heterocycles. The van der Waals surface area contributed by atoms with E-state index in [1.165, 1.54) is 0 Å². The molecule has 24 heavy (non-hydrogen) atoms. The Bertz CT molecular complexity index is 912. The molecule has 3 aromatic rings. The van der Waals surface area contributed by atoms with Gasteiger partial charge >= 0.3 is 0 Å². The Morgan fingerprint density at radius 1 is 1.21 bits per heavy atom. The molecule has 8 nitrogen and oxygen atoms in total. The van der Waals surface area contributed by atoms with Crippen molar-refractivity contribution in [1.82, 2.24) is 30.5 Å². The lowest BCUT2D eigenvalue weighted by Crippen LogP contribution is -2.31. The Balaban J connectivity index is 1.43. The number of hydrogen-bond donors (Lipinski definition) is 1. The van der Waals surface area contributed by atoms with E-state index in [0.29, 0.717) is 35.3 Å². The van der Waals surface area contributed by atoms with Crippen molar-refractivity contribution >= 4 is 16.9 Å². The van der Waals surface area contributed by atoms with Crippen LogP contribution in [-0.4, -0.2) is 42.9 Å². The molecule has 1 aliphatic carbocycles. The van der Waals surface area contributed by atoms with Gasteiger partial charge in [-0.3, -0.25) is 4.79 Å². The molecule has 2 fully saturated rings. The van der Waals surface area contributed by atoms with Crippen LogP contribution in [0.1, 0.15) is 59.7 Å². The normalized spacial score (nSPS) is 20.8. The van der Waals surface area contributed by atoms with E-state index >= 15 is 0 Å². The molecule has 0 unspecified atom stereocenters. The second-order valence-corrected chi connectivity index (χ2v) is 6.45. The first-order valence-corrected chi connectivity index (χ1v) is 8.24. The Hall–Kier alpha value is -2.77. The monoisotopic (exact) mass is 324 g/mol. The first kappa shape index (κ1) is 13.6. The van der Waals surface area contributed by atoms with E-state index in [1.54, 1.807) is 18.2 Å². The van der Waals surface area contributed by atoms with E-state index in [4.69, 9.17) is 4.52 Å². The summed E-state index contributed by atoms with van der Waals surface area (Å²) >= 11 is 0. The number of likely N-dealkylation sites (tertiary alicyclic amines) is 1. The van der Waals surface area contributed by atoms with Crippen LogP contribution in [0.3, 0.4) is 0 Å². The minimum Gasteiger partial charge on any atom is -0.339 e. The zero-order chi connectivity index (χ0) is 16.1. The Labute approximate surface area is 137 Å². The number of amides is 1. The van der Waals surface area contributed by atoms with Crippen LogP contribution in [0, 0.1) is 0 Å². The minimum atomic E-state index is -0.109. The van der Waals surface area contributed by atoms with Crippen LogP contribution in [-0.2, 0) is 0 Å². The number of aromatic nitrogens is 5. The lowest BCUT2D eigenvalue weighted by atomic mass is 10.1. The second kappa shape index (κ2) is 5.12. The van der Waals surface area contributed by atoms with Crippen molar-refractivity contribution < 1.29 is 9.32 Å². The molecule has 1 aromatic carbocycles. The maximum Gasteiger partial charge on any atom is 0.254 e. The molecule has 5 rings (SSSR count). The van der Waals surface area contributed by atoms with Gasteiger partial charge in [0.05, 0.1) is 6.04 Å². The van der Waals surface area contributed by atoms with Crippen molar-refractivity contribution in [3.8, 4) is 0 Å². The molecular weight excluding hydrogens is 308 g/mol. The fourth-order valence-corrected chi connectivity index (χ4v) is 3.30. The SMILES string of the molecule is O=C(c1ccc2n[nH]nc2c1)N1CCC[C@H]1c1noc(C2CC2)n1. The van der Waals surface area contributed by atoms with E-state index < -0.39 is 0 Å². The zero-order valence-electron chi connectivity index (χ0n) is 13.0. The van der Waals surface area contributed by atoms with Crippen LogP contribution in [0.5, 0.6) is 0 Å². The highest BCUT2D eigenvalue weighted by Crippen LogP contribution is 2.40. The number of rotatable bonds is 3. The number of carbonyl (C=O) groups excluding carboxylic acids is 1. The van der Waals surface area contributed by atoms with Gasteiger partial charge in [-0.2, -0.15) is 20.4 Å². The molecule has 0 bridgehead atoms. The molecule has 0 spiro atoms. The summed E-state index contributed by atoms with van der Waals surface area (Å²) in [7, 11) is 0. The van der Waals surface area contributed by atoms with Gasteiger partial charge in [0.25, 0.3) is 5.91 Å². The molecule has 2 aliphatic rings. The van der Waals surface area contributed by atoms with Crippen molar-refractivity contribution in [3.63, 3.8) is 0 Å². The van der Waals surface area contributed by atoms with E-state index in [0.717, 1.165) is 31.2 Å². The number of nitrogens with zero attached hydrogens (tertiary/aromatic N) is 5. The van der Waals surface area contributed by atoms with Crippen molar-refractivity contribution in [1.29, 1.82) is 0 Å². The van der Waals surface area contributed by atoms with Crippen LogP contribution >= 0.6 is 0 Å². The minimum absolute atomic E-state index is 0.0276. The van der Waals surface area contributed by atoms with Gasteiger partial charge in [0.15, 0.2) is 5.82 Å². The first-order chi connectivity index (χ1) is 11.8. The van der Waals surface area contributed by atoms with E-state index in [2.05, 4.69) is 25.6 Å². The molecular formula is C16H16N6O2. The summed E-state index contributed by atoms with van der Waals surface area (Å²) in [5.74, 6) is 1.74. The number of nitrogens with one attached hydrogen (secondary N) is 1. The van der Waals surface area contributed by atoms with Crippen molar-refractivity contribution in [2.24, 2.45) is 0 Å². The highest BCUT2D eigenvalue weighted by molar-refractivity contribution is 5.97. The number of carbonyl (C=O) groups is 1. The Morgan fingerprint density at radius 3 is 2.96 bits per heavy atom. The molecule has 1 atom stereocenters. The quantitative estimate of drug-likeness (QED) is 0.792. The Morgan fingerprint density at radius 2 is 2.08 bits per heavy atom. The van der Waals surface area contributed by atoms with Gasteiger partial charge in [-0.1, -0.05) is 5.16 Å².